The quantitative estimate of drug-likeness (QED) is 0.466. The van der Waals surface area contributed by atoms with Gasteiger partial charge >= 0.3 is 5.97 Å². The Labute approximate surface area is 181 Å². The number of esters is 1. The van der Waals surface area contributed by atoms with Crippen LogP contribution in [0.2, 0.25) is 0 Å². The molecule has 1 heterocycles. The van der Waals surface area contributed by atoms with E-state index in [1.165, 1.54) is 6.08 Å². The molecular formula is C25H25N3O3. The molecule has 1 aliphatic carbocycles. The summed E-state index contributed by atoms with van der Waals surface area (Å²) in [6, 6.07) is 18.1. The van der Waals surface area contributed by atoms with Gasteiger partial charge in [0.15, 0.2) is 6.10 Å². The first-order valence-electron chi connectivity index (χ1n) is 10.4. The van der Waals surface area contributed by atoms with E-state index in [2.05, 4.69) is 5.32 Å². The highest BCUT2D eigenvalue weighted by Crippen LogP contribution is 2.25. The second-order valence-electron chi connectivity index (χ2n) is 7.77. The number of hydrogen-bond acceptors (Lipinski definition) is 4. The molecule has 3 aromatic rings. The van der Waals surface area contributed by atoms with Crippen molar-refractivity contribution in [3.63, 3.8) is 0 Å². The Bertz CT molecular complexity index is 1100. The molecule has 1 aliphatic rings. The Morgan fingerprint density at radius 3 is 2.52 bits per heavy atom. The lowest BCUT2D eigenvalue weighted by atomic mass is 10.1. The number of rotatable bonds is 7. The smallest absolute Gasteiger partial charge is 0.331 e. The number of para-hydroxylation sites is 1. The van der Waals surface area contributed by atoms with Crippen LogP contribution in [0.4, 0.5) is 0 Å². The fourth-order valence-corrected chi connectivity index (χ4v) is 3.13. The highest BCUT2D eigenvalue weighted by Gasteiger charge is 2.26. The van der Waals surface area contributed by atoms with Gasteiger partial charge in [0.05, 0.1) is 11.4 Å². The van der Waals surface area contributed by atoms with E-state index < -0.39 is 12.1 Å². The topological polar surface area (TPSA) is 73.2 Å². The lowest BCUT2D eigenvalue weighted by Crippen LogP contribution is -2.36. The van der Waals surface area contributed by atoms with Crippen molar-refractivity contribution in [1.29, 1.82) is 0 Å². The van der Waals surface area contributed by atoms with Gasteiger partial charge in [-0.15, -0.1) is 0 Å². The van der Waals surface area contributed by atoms with Crippen molar-refractivity contribution < 1.29 is 14.3 Å². The lowest BCUT2D eigenvalue weighted by Gasteiger charge is -2.11. The van der Waals surface area contributed by atoms with E-state index in [1.807, 2.05) is 67.7 Å². The number of aromatic nitrogens is 2. The predicted molar refractivity (Wildman–Crippen MR) is 119 cm³/mol. The van der Waals surface area contributed by atoms with Gasteiger partial charge in [-0.3, -0.25) is 4.79 Å². The zero-order valence-corrected chi connectivity index (χ0v) is 17.6. The summed E-state index contributed by atoms with van der Waals surface area (Å²) in [6.45, 7) is 3.61. The molecule has 6 heteroatoms. The zero-order chi connectivity index (χ0) is 21.8. The second kappa shape index (κ2) is 9.00. The monoisotopic (exact) mass is 415 g/mol. The van der Waals surface area contributed by atoms with Crippen LogP contribution in [-0.2, 0) is 14.3 Å². The summed E-state index contributed by atoms with van der Waals surface area (Å²) < 4.78 is 7.03. The predicted octanol–water partition coefficient (Wildman–Crippen LogP) is 4.07. The van der Waals surface area contributed by atoms with Gasteiger partial charge in [-0.25, -0.2) is 9.48 Å². The first-order chi connectivity index (χ1) is 15.0. The van der Waals surface area contributed by atoms with Crippen molar-refractivity contribution in [2.75, 3.05) is 0 Å². The minimum atomic E-state index is -0.832. The summed E-state index contributed by atoms with van der Waals surface area (Å²) in [5, 5.41) is 7.57. The van der Waals surface area contributed by atoms with Crippen molar-refractivity contribution in [1.82, 2.24) is 15.1 Å². The summed E-state index contributed by atoms with van der Waals surface area (Å²) in [5.41, 5.74) is 4.56. The number of benzene rings is 2. The molecule has 0 unspecified atom stereocenters. The molecule has 1 aromatic heterocycles. The summed E-state index contributed by atoms with van der Waals surface area (Å²) in [7, 11) is 0. The first-order valence-corrected chi connectivity index (χ1v) is 10.4. The van der Waals surface area contributed by atoms with Gasteiger partial charge in [-0.1, -0.05) is 48.0 Å². The maximum Gasteiger partial charge on any atom is 0.331 e. The standard InChI is InChI=1S/C25H25N3O3/c1-17-8-10-19(11-9-17)24-20(16-28(27-24)22-6-4-3-5-7-22)12-15-23(29)31-18(2)25(30)26-21-13-14-21/h3-12,15-16,18,21H,13-14H2,1-2H3,(H,26,30)/b15-12+/t18-/m0/s1. The van der Waals surface area contributed by atoms with E-state index in [0.29, 0.717) is 0 Å². The number of nitrogens with zero attached hydrogens (tertiary/aromatic N) is 2. The SMILES string of the molecule is Cc1ccc(-c2nn(-c3ccccc3)cc2/C=C/C(=O)O[C@@H](C)C(=O)NC2CC2)cc1. The Kier molecular flexibility index (Phi) is 5.98. The number of nitrogens with one attached hydrogen (secondary N) is 1. The number of amides is 1. The van der Waals surface area contributed by atoms with E-state index in [0.717, 1.165) is 40.9 Å². The van der Waals surface area contributed by atoms with Crippen LogP contribution in [0.1, 0.15) is 30.9 Å². The molecule has 0 saturated heterocycles. The minimum absolute atomic E-state index is 0.227. The number of aryl methyl sites for hydroxylation is 1. The van der Waals surface area contributed by atoms with Crippen molar-refractivity contribution >= 4 is 18.0 Å². The Morgan fingerprint density at radius 1 is 1.13 bits per heavy atom. The summed E-state index contributed by atoms with van der Waals surface area (Å²) in [6.07, 6.45) is 6.03. The number of carbonyl (C=O) groups excluding carboxylic acids is 2. The van der Waals surface area contributed by atoms with Crippen LogP contribution in [-0.4, -0.2) is 33.8 Å². The molecule has 4 rings (SSSR count). The van der Waals surface area contributed by atoms with Crippen LogP contribution in [0.3, 0.4) is 0 Å². The molecule has 1 atom stereocenters. The molecule has 158 valence electrons. The van der Waals surface area contributed by atoms with Crippen LogP contribution >= 0.6 is 0 Å². The van der Waals surface area contributed by atoms with Gasteiger partial charge in [0.2, 0.25) is 0 Å². The Morgan fingerprint density at radius 2 is 1.84 bits per heavy atom. The summed E-state index contributed by atoms with van der Waals surface area (Å²) in [4.78, 5) is 24.3. The molecular weight excluding hydrogens is 390 g/mol. The molecule has 1 N–H and O–H groups in total. The third-order valence-corrected chi connectivity index (χ3v) is 5.07. The molecule has 0 aliphatic heterocycles. The fraction of sp³-hybridized carbons (Fsp3) is 0.240. The normalized spacial score (nSPS) is 14.4. The van der Waals surface area contributed by atoms with Gasteiger partial charge in [-0.05, 0) is 44.9 Å². The van der Waals surface area contributed by atoms with Crippen LogP contribution < -0.4 is 5.32 Å². The van der Waals surface area contributed by atoms with E-state index in [-0.39, 0.29) is 11.9 Å². The van der Waals surface area contributed by atoms with Crippen LogP contribution in [0.15, 0.2) is 66.9 Å². The number of hydrogen-bond donors (Lipinski definition) is 1. The third kappa shape index (κ3) is 5.28. The van der Waals surface area contributed by atoms with Crippen LogP contribution in [0.25, 0.3) is 23.0 Å². The largest absolute Gasteiger partial charge is 0.449 e. The lowest BCUT2D eigenvalue weighted by molar-refractivity contribution is -0.150. The summed E-state index contributed by atoms with van der Waals surface area (Å²) >= 11 is 0. The highest BCUT2D eigenvalue weighted by molar-refractivity contribution is 5.91. The maximum absolute atomic E-state index is 12.3. The third-order valence-electron chi connectivity index (χ3n) is 5.07. The van der Waals surface area contributed by atoms with Gasteiger partial charge in [-0.2, -0.15) is 5.10 Å². The molecule has 2 aromatic carbocycles. The van der Waals surface area contributed by atoms with E-state index in [1.54, 1.807) is 17.7 Å². The Hall–Kier alpha value is -3.67. The van der Waals surface area contributed by atoms with Crippen LogP contribution in [0, 0.1) is 6.92 Å². The zero-order valence-electron chi connectivity index (χ0n) is 17.6. The highest BCUT2D eigenvalue weighted by atomic mass is 16.5. The van der Waals surface area contributed by atoms with Gasteiger partial charge in [0.25, 0.3) is 5.91 Å². The van der Waals surface area contributed by atoms with Crippen molar-refractivity contribution in [3.05, 3.63) is 78.0 Å². The van der Waals surface area contributed by atoms with E-state index in [4.69, 9.17) is 9.84 Å². The van der Waals surface area contributed by atoms with E-state index in [9.17, 15) is 9.59 Å². The summed E-state index contributed by atoms with van der Waals surface area (Å²) in [5.74, 6) is -0.831. The molecule has 1 fully saturated rings. The van der Waals surface area contributed by atoms with Gasteiger partial charge < -0.3 is 10.1 Å². The molecule has 1 amide bonds. The van der Waals surface area contributed by atoms with Crippen molar-refractivity contribution in [3.8, 4) is 16.9 Å². The van der Waals surface area contributed by atoms with Gasteiger partial charge in [0, 0.05) is 29.4 Å². The average Bonchev–Trinajstić information content (AvgIpc) is 3.49. The van der Waals surface area contributed by atoms with Crippen molar-refractivity contribution in [2.24, 2.45) is 0 Å². The number of carbonyl (C=O) groups is 2. The van der Waals surface area contributed by atoms with Crippen molar-refractivity contribution in [2.45, 2.75) is 38.8 Å². The Balaban J connectivity index is 1.55. The van der Waals surface area contributed by atoms with Crippen LogP contribution in [0.5, 0.6) is 0 Å². The number of ether oxygens (including phenoxy) is 1. The molecule has 0 radical (unpaired) electrons. The molecule has 6 nitrogen and oxygen atoms in total. The first kappa shape index (κ1) is 20.6. The van der Waals surface area contributed by atoms with E-state index >= 15 is 0 Å². The fourth-order valence-electron chi connectivity index (χ4n) is 3.13. The molecule has 31 heavy (non-hydrogen) atoms. The molecule has 0 spiro atoms. The van der Waals surface area contributed by atoms with Gasteiger partial charge in [0.1, 0.15) is 0 Å². The molecule has 1 saturated carbocycles. The molecule has 0 bridgehead atoms. The maximum atomic E-state index is 12.3. The minimum Gasteiger partial charge on any atom is -0.449 e. The second-order valence-corrected chi connectivity index (χ2v) is 7.77. The average molecular weight is 415 g/mol.